The molecule has 0 heterocycles. The number of alkyl halides is 2. The molecule has 0 N–H and O–H groups in total. The molecule has 0 spiro atoms. The predicted octanol–water partition coefficient (Wildman–Crippen LogP) is 2.37. The van der Waals surface area contributed by atoms with Gasteiger partial charge in [-0.25, -0.2) is 8.42 Å². The monoisotopic (exact) mass is 383 g/mol. The van der Waals surface area contributed by atoms with Gasteiger partial charge in [-0.3, -0.25) is 4.79 Å². The summed E-state index contributed by atoms with van der Waals surface area (Å²) in [5, 5.41) is 0. The topological polar surface area (TPSA) is 72.9 Å². The quantitative estimate of drug-likeness (QED) is 0.483. The van der Waals surface area contributed by atoms with Crippen LogP contribution in [0, 0.1) is 0 Å². The largest absolute Gasteiger partial charge is 0.496 e. The van der Waals surface area contributed by atoms with Crippen molar-refractivity contribution in [3.63, 3.8) is 0 Å². The molecule has 1 rings (SSSR count). The van der Waals surface area contributed by atoms with Gasteiger partial charge in [-0.1, -0.05) is 0 Å². The molecule has 0 saturated heterocycles. The zero-order chi connectivity index (χ0) is 17.6. The van der Waals surface area contributed by atoms with Crippen LogP contribution in [-0.2, 0) is 10.0 Å². The normalized spacial score (nSPS) is 11.6. The summed E-state index contributed by atoms with van der Waals surface area (Å²) in [6, 6.07) is 2.63. The van der Waals surface area contributed by atoms with Gasteiger partial charge in [0, 0.05) is 30.9 Å². The van der Waals surface area contributed by atoms with Gasteiger partial charge >= 0.3 is 0 Å². The number of hydrogen-bond donors (Lipinski definition) is 0. The Hall–Kier alpha value is -1.02. The van der Waals surface area contributed by atoms with Crippen LogP contribution in [0.1, 0.15) is 17.3 Å². The van der Waals surface area contributed by atoms with Crippen LogP contribution in [0.15, 0.2) is 17.0 Å². The number of ether oxygens (including phenoxy) is 2. The number of halogens is 2. The van der Waals surface area contributed by atoms with E-state index in [-0.39, 0.29) is 52.6 Å². The fourth-order valence-electron chi connectivity index (χ4n) is 2.03. The van der Waals surface area contributed by atoms with Gasteiger partial charge < -0.3 is 9.47 Å². The van der Waals surface area contributed by atoms with Crippen molar-refractivity contribution in [3.05, 3.63) is 17.7 Å². The summed E-state index contributed by atoms with van der Waals surface area (Å²) in [7, 11) is -1.18. The highest BCUT2D eigenvalue weighted by molar-refractivity contribution is 7.89. The molecule has 0 unspecified atom stereocenters. The van der Waals surface area contributed by atoms with Gasteiger partial charge in [0.1, 0.15) is 16.4 Å². The van der Waals surface area contributed by atoms with Gasteiger partial charge in [0.2, 0.25) is 10.0 Å². The second-order valence-corrected chi connectivity index (χ2v) is 7.20. The van der Waals surface area contributed by atoms with Crippen molar-refractivity contribution in [2.24, 2.45) is 0 Å². The highest BCUT2D eigenvalue weighted by atomic mass is 35.5. The molecule has 130 valence electrons. The zero-order valence-electron chi connectivity index (χ0n) is 13.1. The predicted molar refractivity (Wildman–Crippen MR) is 89.7 cm³/mol. The van der Waals surface area contributed by atoms with Crippen molar-refractivity contribution in [2.75, 3.05) is 39.1 Å². The van der Waals surface area contributed by atoms with E-state index in [9.17, 15) is 13.2 Å². The summed E-state index contributed by atoms with van der Waals surface area (Å²) < 4.78 is 37.1. The Bertz CT molecular complexity index is 657. The van der Waals surface area contributed by atoms with E-state index in [0.29, 0.717) is 0 Å². The molecule has 0 atom stereocenters. The maximum absolute atomic E-state index is 12.8. The maximum atomic E-state index is 12.8. The number of nitrogens with zero attached hydrogens (tertiary/aromatic N) is 1. The zero-order valence-corrected chi connectivity index (χ0v) is 15.5. The van der Waals surface area contributed by atoms with Crippen LogP contribution in [-0.4, -0.2) is 57.6 Å². The van der Waals surface area contributed by atoms with Crippen LogP contribution in [0.5, 0.6) is 11.5 Å². The summed E-state index contributed by atoms with van der Waals surface area (Å²) in [6.45, 7) is 1.53. The smallest absolute Gasteiger partial charge is 0.246 e. The minimum absolute atomic E-state index is 0.0843. The first-order valence-electron chi connectivity index (χ1n) is 6.72. The molecule has 1 aromatic carbocycles. The average molecular weight is 384 g/mol. The lowest BCUT2D eigenvalue weighted by atomic mass is 10.1. The number of carbonyl (C=O) groups excluding carboxylic acids is 1. The molecule has 0 radical (unpaired) electrons. The minimum Gasteiger partial charge on any atom is -0.496 e. The number of carbonyl (C=O) groups is 1. The van der Waals surface area contributed by atoms with E-state index in [4.69, 9.17) is 32.7 Å². The van der Waals surface area contributed by atoms with Crippen molar-refractivity contribution in [3.8, 4) is 11.5 Å². The third-order valence-corrected chi connectivity index (χ3v) is 5.41. The van der Waals surface area contributed by atoms with Gasteiger partial charge in [0.05, 0.1) is 19.8 Å². The van der Waals surface area contributed by atoms with E-state index in [1.165, 1.54) is 33.3 Å². The minimum atomic E-state index is -3.92. The van der Waals surface area contributed by atoms with Crippen LogP contribution in [0.25, 0.3) is 0 Å². The standard InChI is InChI=1S/C14H19Cl2NO5S/c1-10(18)11-8-14(13(22-3)9-12(11)21-2)23(19,20)17(6-4-15)7-5-16/h8-9H,4-7H2,1-3H3. The van der Waals surface area contributed by atoms with E-state index in [2.05, 4.69) is 0 Å². The van der Waals surface area contributed by atoms with Crippen molar-refractivity contribution in [2.45, 2.75) is 11.8 Å². The highest BCUT2D eigenvalue weighted by Crippen LogP contribution is 2.34. The number of ketones is 1. The van der Waals surface area contributed by atoms with Crippen molar-refractivity contribution >= 4 is 39.0 Å². The van der Waals surface area contributed by atoms with Crippen LogP contribution in [0.3, 0.4) is 0 Å². The van der Waals surface area contributed by atoms with Crippen LogP contribution in [0.4, 0.5) is 0 Å². The average Bonchev–Trinajstić information content (AvgIpc) is 2.52. The first-order chi connectivity index (χ1) is 10.8. The summed E-state index contributed by atoms with van der Waals surface area (Å²) in [4.78, 5) is 11.6. The fraction of sp³-hybridized carbons (Fsp3) is 0.500. The molecule has 1 aromatic rings. The second kappa shape index (κ2) is 8.73. The van der Waals surface area contributed by atoms with Crippen molar-refractivity contribution < 1.29 is 22.7 Å². The van der Waals surface area contributed by atoms with Crippen LogP contribution in [0.2, 0.25) is 0 Å². The summed E-state index contributed by atoms with van der Waals surface area (Å²) in [5.41, 5.74) is 0.156. The number of hydrogen-bond acceptors (Lipinski definition) is 5. The van der Waals surface area contributed by atoms with E-state index in [0.717, 1.165) is 4.31 Å². The Morgan fingerprint density at radius 3 is 2.00 bits per heavy atom. The van der Waals surface area contributed by atoms with Gasteiger partial charge in [0.15, 0.2) is 5.78 Å². The Labute approximate surface area is 146 Å². The SMILES string of the molecule is COc1cc(OC)c(S(=O)(=O)N(CCCl)CCCl)cc1C(C)=O. The van der Waals surface area contributed by atoms with Crippen molar-refractivity contribution in [1.29, 1.82) is 0 Å². The number of sulfonamides is 1. The van der Waals surface area contributed by atoms with Crippen molar-refractivity contribution in [1.82, 2.24) is 4.31 Å². The number of benzene rings is 1. The first kappa shape index (κ1) is 20.0. The van der Waals surface area contributed by atoms with E-state index in [1.807, 2.05) is 0 Å². The lowest BCUT2D eigenvalue weighted by Crippen LogP contribution is -2.34. The lowest BCUT2D eigenvalue weighted by Gasteiger charge is -2.22. The lowest BCUT2D eigenvalue weighted by molar-refractivity contribution is 0.101. The Morgan fingerprint density at radius 2 is 1.61 bits per heavy atom. The van der Waals surface area contributed by atoms with E-state index < -0.39 is 10.0 Å². The molecule has 0 aliphatic heterocycles. The van der Waals surface area contributed by atoms with Gasteiger partial charge in [-0.2, -0.15) is 4.31 Å². The molecule has 9 heteroatoms. The van der Waals surface area contributed by atoms with Crippen LogP contribution >= 0.6 is 23.2 Å². The first-order valence-corrected chi connectivity index (χ1v) is 9.23. The molecular weight excluding hydrogens is 365 g/mol. The molecular formula is C14H19Cl2NO5S. The number of Topliss-reactive ketones (excluding diaryl/α,β-unsaturated/α-hetero) is 1. The third-order valence-electron chi connectivity index (χ3n) is 3.15. The Kier molecular flexibility index (Phi) is 7.60. The van der Waals surface area contributed by atoms with Gasteiger partial charge in [0.25, 0.3) is 0 Å². The van der Waals surface area contributed by atoms with Gasteiger partial charge in [-0.05, 0) is 13.0 Å². The van der Waals surface area contributed by atoms with E-state index in [1.54, 1.807) is 0 Å². The summed E-state index contributed by atoms with van der Waals surface area (Å²) in [6.07, 6.45) is 0. The Balaban J connectivity index is 3.55. The molecule has 0 aliphatic carbocycles. The fourth-order valence-corrected chi connectivity index (χ4v) is 4.24. The summed E-state index contributed by atoms with van der Waals surface area (Å²) in [5.74, 6) is 0.250. The molecule has 0 fully saturated rings. The summed E-state index contributed by atoms with van der Waals surface area (Å²) >= 11 is 11.3. The Morgan fingerprint density at radius 1 is 1.09 bits per heavy atom. The van der Waals surface area contributed by atoms with Crippen LogP contribution < -0.4 is 9.47 Å². The molecule has 0 bridgehead atoms. The second-order valence-electron chi connectivity index (χ2n) is 4.54. The molecule has 23 heavy (non-hydrogen) atoms. The van der Waals surface area contributed by atoms with Gasteiger partial charge in [-0.15, -0.1) is 23.2 Å². The molecule has 0 aromatic heterocycles. The number of rotatable bonds is 9. The third kappa shape index (κ3) is 4.50. The van der Waals surface area contributed by atoms with E-state index >= 15 is 0 Å². The molecule has 6 nitrogen and oxygen atoms in total. The molecule has 0 aliphatic rings. The maximum Gasteiger partial charge on any atom is 0.246 e. The molecule has 0 saturated carbocycles. The highest BCUT2D eigenvalue weighted by Gasteiger charge is 2.29. The molecule has 0 amide bonds. The number of methoxy groups -OCH3 is 2.